The van der Waals surface area contributed by atoms with Crippen LogP contribution < -0.4 is 14.2 Å². The Hall–Kier alpha value is -2.47. The fourth-order valence-electron chi connectivity index (χ4n) is 2.15. The molecule has 0 radical (unpaired) electrons. The second-order valence-corrected chi connectivity index (χ2v) is 5.42. The van der Waals surface area contributed by atoms with Crippen LogP contribution in [0.3, 0.4) is 0 Å². The Balaban J connectivity index is 1.53. The van der Waals surface area contributed by atoms with Crippen LogP contribution in [-0.2, 0) is 16.1 Å². The molecule has 1 heterocycles. The van der Waals surface area contributed by atoms with Gasteiger partial charge in [-0.15, -0.1) is 0 Å². The van der Waals surface area contributed by atoms with Crippen LogP contribution in [0.4, 0.5) is 4.39 Å². The molecule has 0 unspecified atom stereocenters. The first kappa shape index (κ1) is 16.4. The highest BCUT2D eigenvalue weighted by Gasteiger charge is 2.17. The number of hydrogen-bond donors (Lipinski definition) is 0. The fraction of sp³-hybridized carbons (Fsp3) is 0.235. The Kier molecular flexibility index (Phi) is 5.05. The molecule has 0 aromatic heterocycles. The summed E-state index contributed by atoms with van der Waals surface area (Å²) in [5, 5.41) is 0.397. The summed E-state index contributed by atoms with van der Waals surface area (Å²) in [6.07, 6.45) is 0. The third-order valence-corrected chi connectivity index (χ3v) is 3.49. The molecule has 5 nitrogen and oxygen atoms in total. The van der Waals surface area contributed by atoms with Crippen LogP contribution in [0.5, 0.6) is 17.2 Å². The fourth-order valence-corrected chi connectivity index (χ4v) is 2.44. The largest absolute Gasteiger partial charge is 0.486 e. The van der Waals surface area contributed by atoms with Crippen molar-refractivity contribution in [1.29, 1.82) is 0 Å². The zero-order valence-electron chi connectivity index (χ0n) is 12.6. The predicted octanol–water partition coefficient (Wildman–Crippen LogP) is 3.37. The maximum absolute atomic E-state index is 13.0. The molecule has 3 rings (SSSR count). The van der Waals surface area contributed by atoms with E-state index >= 15 is 0 Å². The number of carbonyl (C=O) groups excluding carboxylic acids is 1. The van der Waals surface area contributed by atoms with Gasteiger partial charge < -0.3 is 18.9 Å². The predicted molar refractivity (Wildman–Crippen MR) is 84.1 cm³/mol. The number of ether oxygens (including phenoxy) is 4. The van der Waals surface area contributed by atoms with Crippen LogP contribution in [0, 0.1) is 5.82 Å². The maximum atomic E-state index is 13.0. The SMILES string of the molecule is O=C(COc1cccc(F)c1)OCc1cc(Cl)c2c(c1)OCCO2. The van der Waals surface area contributed by atoms with Crippen LogP contribution >= 0.6 is 11.6 Å². The van der Waals surface area contributed by atoms with Gasteiger partial charge in [-0.3, -0.25) is 0 Å². The average Bonchev–Trinajstić information content (AvgIpc) is 2.58. The van der Waals surface area contributed by atoms with E-state index in [0.717, 1.165) is 0 Å². The van der Waals surface area contributed by atoms with Crippen LogP contribution in [-0.4, -0.2) is 25.8 Å². The van der Waals surface area contributed by atoms with E-state index in [1.165, 1.54) is 18.2 Å². The minimum Gasteiger partial charge on any atom is -0.486 e. The smallest absolute Gasteiger partial charge is 0.344 e. The second kappa shape index (κ2) is 7.40. The molecule has 0 amide bonds. The molecule has 0 spiro atoms. The molecule has 0 aliphatic carbocycles. The Bertz CT molecular complexity index is 750. The zero-order chi connectivity index (χ0) is 16.9. The highest BCUT2D eigenvalue weighted by Crippen LogP contribution is 2.38. The lowest BCUT2D eigenvalue weighted by molar-refractivity contribution is -0.147. The highest BCUT2D eigenvalue weighted by atomic mass is 35.5. The number of rotatable bonds is 5. The highest BCUT2D eigenvalue weighted by molar-refractivity contribution is 6.32. The van der Waals surface area contributed by atoms with E-state index in [4.69, 9.17) is 30.5 Å². The zero-order valence-corrected chi connectivity index (χ0v) is 13.3. The molecule has 0 bridgehead atoms. The molecular weight excluding hydrogens is 339 g/mol. The molecule has 24 heavy (non-hydrogen) atoms. The molecule has 0 atom stereocenters. The van der Waals surface area contributed by atoms with E-state index in [0.29, 0.717) is 35.3 Å². The lowest BCUT2D eigenvalue weighted by atomic mass is 10.2. The van der Waals surface area contributed by atoms with Gasteiger partial charge in [0.15, 0.2) is 18.1 Å². The van der Waals surface area contributed by atoms with Gasteiger partial charge in [0.2, 0.25) is 0 Å². The van der Waals surface area contributed by atoms with Gasteiger partial charge in [0.05, 0.1) is 5.02 Å². The molecule has 0 N–H and O–H groups in total. The van der Waals surface area contributed by atoms with E-state index in [1.807, 2.05) is 0 Å². The van der Waals surface area contributed by atoms with Gasteiger partial charge in [0.25, 0.3) is 0 Å². The van der Waals surface area contributed by atoms with Crippen molar-refractivity contribution in [2.75, 3.05) is 19.8 Å². The van der Waals surface area contributed by atoms with E-state index in [2.05, 4.69) is 0 Å². The van der Waals surface area contributed by atoms with E-state index in [-0.39, 0.29) is 19.0 Å². The number of hydrogen-bond acceptors (Lipinski definition) is 5. The quantitative estimate of drug-likeness (QED) is 0.772. The van der Waals surface area contributed by atoms with E-state index < -0.39 is 11.8 Å². The summed E-state index contributed by atoms with van der Waals surface area (Å²) < 4.78 is 34.2. The molecule has 0 saturated heterocycles. The average molecular weight is 353 g/mol. The van der Waals surface area contributed by atoms with Gasteiger partial charge in [-0.2, -0.15) is 0 Å². The van der Waals surface area contributed by atoms with Crippen molar-refractivity contribution in [2.24, 2.45) is 0 Å². The number of esters is 1. The first-order valence-corrected chi connectivity index (χ1v) is 7.61. The molecule has 2 aromatic rings. The molecule has 126 valence electrons. The minimum atomic E-state index is -0.578. The van der Waals surface area contributed by atoms with Gasteiger partial charge in [0, 0.05) is 6.07 Å². The Labute approximate surface area is 142 Å². The third-order valence-electron chi connectivity index (χ3n) is 3.21. The summed E-state index contributed by atoms with van der Waals surface area (Å²) in [4.78, 5) is 11.7. The Morgan fingerprint density at radius 1 is 1.21 bits per heavy atom. The topological polar surface area (TPSA) is 54.0 Å². The van der Waals surface area contributed by atoms with Gasteiger partial charge in [-0.1, -0.05) is 17.7 Å². The van der Waals surface area contributed by atoms with Crippen LogP contribution in [0.1, 0.15) is 5.56 Å². The van der Waals surface area contributed by atoms with Crippen molar-refractivity contribution < 1.29 is 28.1 Å². The van der Waals surface area contributed by atoms with Crippen LogP contribution in [0.25, 0.3) is 0 Å². The standard InChI is InChI=1S/C17H14ClFO5/c18-14-6-11(7-15-17(14)22-5-4-21-15)9-24-16(20)10-23-13-3-1-2-12(19)8-13/h1-3,6-8H,4-5,9-10H2. The van der Waals surface area contributed by atoms with Crippen LogP contribution in [0.2, 0.25) is 5.02 Å². The lowest BCUT2D eigenvalue weighted by Gasteiger charge is -2.20. The van der Waals surface area contributed by atoms with Crippen molar-refractivity contribution in [3.8, 4) is 17.2 Å². The van der Waals surface area contributed by atoms with E-state index in [1.54, 1.807) is 18.2 Å². The molecule has 2 aromatic carbocycles. The van der Waals surface area contributed by atoms with Gasteiger partial charge in [0.1, 0.15) is 31.4 Å². The first-order chi connectivity index (χ1) is 11.6. The summed E-state index contributed by atoms with van der Waals surface area (Å²) in [6.45, 7) is 0.579. The Morgan fingerprint density at radius 2 is 2.04 bits per heavy atom. The molecule has 1 aliphatic heterocycles. The van der Waals surface area contributed by atoms with Crippen molar-refractivity contribution in [2.45, 2.75) is 6.61 Å². The summed E-state index contributed by atoms with van der Waals surface area (Å²) >= 11 is 6.11. The van der Waals surface area contributed by atoms with E-state index in [9.17, 15) is 9.18 Å². The summed E-state index contributed by atoms with van der Waals surface area (Å²) in [5.74, 6) is 0.259. The Morgan fingerprint density at radius 3 is 2.88 bits per heavy atom. The van der Waals surface area contributed by atoms with Crippen molar-refractivity contribution in [3.05, 3.63) is 52.8 Å². The first-order valence-electron chi connectivity index (χ1n) is 7.24. The number of fused-ring (bicyclic) bond motifs is 1. The van der Waals surface area contributed by atoms with Crippen molar-refractivity contribution >= 4 is 17.6 Å². The minimum absolute atomic E-state index is 0.0156. The van der Waals surface area contributed by atoms with Gasteiger partial charge >= 0.3 is 5.97 Å². The third kappa shape index (κ3) is 4.08. The molecule has 7 heteroatoms. The van der Waals surface area contributed by atoms with Crippen molar-refractivity contribution in [3.63, 3.8) is 0 Å². The van der Waals surface area contributed by atoms with Gasteiger partial charge in [-0.25, -0.2) is 9.18 Å². The molecule has 1 aliphatic rings. The molecular formula is C17H14ClFO5. The summed E-state index contributed by atoms with van der Waals surface area (Å²) in [6, 6.07) is 8.88. The number of carbonyl (C=O) groups is 1. The monoisotopic (exact) mass is 352 g/mol. The lowest BCUT2D eigenvalue weighted by Crippen LogP contribution is -2.17. The summed E-state index contributed by atoms with van der Waals surface area (Å²) in [7, 11) is 0. The van der Waals surface area contributed by atoms with Crippen molar-refractivity contribution in [1.82, 2.24) is 0 Å². The normalized spacial score (nSPS) is 12.6. The molecule has 0 saturated carbocycles. The summed E-state index contributed by atoms with van der Waals surface area (Å²) in [5.41, 5.74) is 0.670. The maximum Gasteiger partial charge on any atom is 0.344 e. The number of halogens is 2. The van der Waals surface area contributed by atoms with Crippen LogP contribution in [0.15, 0.2) is 36.4 Å². The van der Waals surface area contributed by atoms with Gasteiger partial charge in [-0.05, 0) is 29.8 Å². The molecule has 0 fully saturated rings. The second-order valence-electron chi connectivity index (χ2n) is 5.01. The number of benzene rings is 2.